The van der Waals surface area contributed by atoms with Gasteiger partial charge in [-0.05, 0) is 24.6 Å². The second-order valence-electron chi connectivity index (χ2n) is 3.49. The molecule has 0 N–H and O–H groups in total. The molecular formula is C12H15FO3. The summed E-state index contributed by atoms with van der Waals surface area (Å²) in [6.45, 7) is 1.67. The first-order chi connectivity index (χ1) is 7.58. The van der Waals surface area contributed by atoms with Crippen LogP contribution in [-0.2, 0) is 16.0 Å². The van der Waals surface area contributed by atoms with Crippen molar-refractivity contribution in [3.63, 3.8) is 0 Å². The van der Waals surface area contributed by atoms with E-state index in [1.807, 2.05) is 0 Å². The normalized spacial score (nSPS) is 12.2. The molecule has 1 atom stereocenters. The van der Waals surface area contributed by atoms with E-state index in [0.717, 1.165) is 0 Å². The van der Waals surface area contributed by atoms with Gasteiger partial charge in [0, 0.05) is 13.5 Å². The highest BCUT2D eigenvalue weighted by Gasteiger charge is 2.13. The number of methoxy groups -OCH3 is 2. The fourth-order valence-corrected chi connectivity index (χ4v) is 1.30. The van der Waals surface area contributed by atoms with Crippen LogP contribution in [0.2, 0.25) is 0 Å². The Morgan fingerprint density at radius 3 is 2.62 bits per heavy atom. The summed E-state index contributed by atoms with van der Waals surface area (Å²) in [6, 6.07) is 4.48. The molecule has 3 nitrogen and oxygen atoms in total. The largest absolute Gasteiger partial charge is 0.494 e. The molecule has 0 bridgehead atoms. The van der Waals surface area contributed by atoms with Gasteiger partial charge in [-0.15, -0.1) is 0 Å². The van der Waals surface area contributed by atoms with Crippen molar-refractivity contribution in [1.82, 2.24) is 0 Å². The van der Waals surface area contributed by atoms with Gasteiger partial charge in [-0.1, -0.05) is 6.07 Å². The summed E-state index contributed by atoms with van der Waals surface area (Å²) in [5.41, 5.74) is 0.618. The minimum atomic E-state index is -0.467. The molecule has 0 saturated heterocycles. The zero-order valence-electron chi connectivity index (χ0n) is 9.62. The van der Waals surface area contributed by atoms with Gasteiger partial charge in [0.2, 0.25) is 0 Å². The van der Waals surface area contributed by atoms with E-state index >= 15 is 0 Å². The van der Waals surface area contributed by atoms with Gasteiger partial charge in [0.25, 0.3) is 0 Å². The molecule has 1 aromatic carbocycles. The third-order valence-corrected chi connectivity index (χ3v) is 2.40. The summed E-state index contributed by atoms with van der Waals surface area (Å²) in [5, 5.41) is 0. The SMILES string of the molecule is COc1ccc(CC(=O)C(C)OC)cc1F. The second kappa shape index (κ2) is 5.61. The van der Waals surface area contributed by atoms with E-state index in [9.17, 15) is 9.18 Å². The topological polar surface area (TPSA) is 35.5 Å². The fraction of sp³-hybridized carbons (Fsp3) is 0.417. The lowest BCUT2D eigenvalue weighted by molar-refractivity contribution is -0.127. The maximum Gasteiger partial charge on any atom is 0.165 e. The van der Waals surface area contributed by atoms with E-state index < -0.39 is 11.9 Å². The first-order valence-electron chi connectivity index (χ1n) is 4.96. The minimum absolute atomic E-state index is 0.0768. The lowest BCUT2D eigenvalue weighted by Crippen LogP contribution is -2.21. The molecule has 0 aliphatic carbocycles. The van der Waals surface area contributed by atoms with Gasteiger partial charge < -0.3 is 9.47 Å². The molecular weight excluding hydrogens is 211 g/mol. The van der Waals surface area contributed by atoms with Crippen molar-refractivity contribution in [3.05, 3.63) is 29.6 Å². The van der Waals surface area contributed by atoms with Crippen LogP contribution in [0.1, 0.15) is 12.5 Å². The molecule has 0 saturated carbocycles. The fourth-order valence-electron chi connectivity index (χ4n) is 1.30. The molecule has 0 spiro atoms. The lowest BCUT2D eigenvalue weighted by atomic mass is 10.1. The van der Waals surface area contributed by atoms with E-state index in [1.54, 1.807) is 13.0 Å². The number of halogens is 1. The van der Waals surface area contributed by atoms with Gasteiger partial charge in [0.15, 0.2) is 17.3 Å². The zero-order chi connectivity index (χ0) is 12.1. The van der Waals surface area contributed by atoms with Crippen LogP contribution in [0.4, 0.5) is 4.39 Å². The quantitative estimate of drug-likeness (QED) is 0.770. The molecule has 0 aromatic heterocycles. The van der Waals surface area contributed by atoms with Gasteiger partial charge in [0.1, 0.15) is 6.10 Å². The number of ketones is 1. The van der Waals surface area contributed by atoms with E-state index in [4.69, 9.17) is 9.47 Å². The van der Waals surface area contributed by atoms with Crippen LogP contribution >= 0.6 is 0 Å². The molecule has 0 aliphatic rings. The van der Waals surface area contributed by atoms with Crippen molar-refractivity contribution in [2.45, 2.75) is 19.4 Å². The predicted molar refractivity (Wildman–Crippen MR) is 58.1 cm³/mol. The summed E-state index contributed by atoms with van der Waals surface area (Å²) in [5.74, 6) is -0.360. The number of hydrogen-bond acceptors (Lipinski definition) is 3. The molecule has 1 rings (SSSR count). The Morgan fingerprint density at radius 2 is 2.12 bits per heavy atom. The van der Waals surface area contributed by atoms with Crippen LogP contribution in [0.25, 0.3) is 0 Å². The maximum absolute atomic E-state index is 13.3. The number of Topliss-reactive ketones (excluding diaryl/α,β-unsaturated/α-hetero) is 1. The number of benzene rings is 1. The van der Waals surface area contributed by atoms with Crippen LogP contribution < -0.4 is 4.74 Å². The average Bonchev–Trinajstić information content (AvgIpc) is 2.28. The highest BCUT2D eigenvalue weighted by molar-refractivity contribution is 5.84. The van der Waals surface area contributed by atoms with E-state index in [0.29, 0.717) is 5.56 Å². The lowest BCUT2D eigenvalue weighted by Gasteiger charge is -2.09. The first-order valence-corrected chi connectivity index (χ1v) is 4.96. The first kappa shape index (κ1) is 12.6. The Balaban J connectivity index is 2.75. The Bertz CT molecular complexity index is 377. The summed E-state index contributed by atoms with van der Waals surface area (Å²) in [6.07, 6.45) is -0.305. The van der Waals surface area contributed by atoms with Crippen LogP contribution in [0.3, 0.4) is 0 Å². The summed E-state index contributed by atoms with van der Waals surface area (Å²) >= 11 is 0. The Labute approximate surface area is 94.2 Å². The molecule has 0 amide bonds. The zero-order valence-corrected chi connectivity index (χ0v) is 9.62. The van der Waals surface area contributed by atoms with Gasteiger partial charge in [-0.3, -0.25) is 4.79 Å². The molecule has 1 unspecified atom stereocenters. The number of hydrogen-bond donors (Lipinski definition) is 0. The predicted octanol–water partition coefficient (Wildman–Crippen LogP) is 1.98. The van der Waals surface area contributed by atoms with E-state index in [1.165, 1.54) is 26.4 Å². The highest BCUT2D eigenvalue weighted by Crippen LogP contribution is 2.18. The number of rotatable bonds is 5. The van der Waals surface area contributed by atoms with Gasteiger partial charge in [-0.2, -0.15) is 0 Å². The van der Waals surface area contributed by atoms with Gasteiger partial charge >= 0.3 is 0 Å². The Hall–Kier alpha value is -1.42. The Kier molecular flexibility index (Phi) is 4.43. The Morgan fingerprint density at radius 1 is 1.44 bits per heavy atom. The van der Waals surface area contributed by atoms with E-state index in [-0.39, 0.29) is 18.0 Å². The molecule has 4 heteroatoms. The van der Waals surface area contributed by atoms with Crippen molar-refractivity contribution in [3.8, 4) is 5.75 Å². The molecule has 88 valence electrons. The van der Waals surface area contributed by atoms with Crippen molar-refractivity contribution in [2.75, 3.05) is 14.2 Å². The number of carbonyl (C=O) groups is 1. The van der Waals surface area contributed by atoms with Crippen LogP contribution in [0, 0.1) is 5.82 Å². The molecule has 0 radical (unpaired) electrons. The third-order valence-electron chi connectivity index (χ3n) is 2.40. The van der Waals surface area contributed by atoms with Crippen molar-refractivity contribution in [1.29, 1.82) is 0 Å². The molecule has 0 aliphatic heterocycles. The van der Waals surface area contributed by atoms with Crippen molar-refractivity contribution >= 4 is 5.78 Å². The summed E-state index contributed by atoms with van der Waals surface area (Å²) in [7, 11) is 2.87. The van der Waals surface area contributed by atoms with Crippen LogP contribution in [0.5, 0.6) is 5.75 Å². The van der Waals surface area contributed by atoms with Crippen molar-refractivity contribution < 1.29 is 18.7 Å². The molecule has 0 heterocycles. The molecule has 16 heavy (non-hydrogen) atoms. The standard InChI is InChI=1S/C12H15FO3/c1-8(15-2)11(14)7-9-4-5-12(16-3)10(13)6-9/h4-6,8H,7H2,1-3H3. The second-order valence-corrected chi connectivity index (χ2v) is 3.49. The highest BCUT2D eigenvalue weighted by atomic mass is 19.1. The van der Waals surface area contributed by atoms with Gasteiger partial charge in [-0.25, -0.2) is 4.39 Å². The summed E-state index contributed by atoms with van der Waals surface area (Å²) < 4.78 is 23.0. The number of ether oxygens (including phenoxy) is 2. The molecule has 0 fully saturated rings. The maximum atomic E-state index is 13.3. The minimum Gasteiger partial charge on any atom is -0.494 e. The monoisotopic (exact) mass is 226 g/mol. The smallest absolute Gasteiger partial charge is 0.165 e. The molecule has 1 aromatic rings. The van der Waals surface area contributed by atoms with E-state index in [2.05, 4.69) is 0 Å². The van der Waals surface area contributed by atoms with Gasteiger partial charge in [0.05, 0.1) is 7.11 Å². The summed E-state index contributed by atoms with van der Waals surface area (Å²) in [4.78, 5) is 11.5. The third kappa shape index (κ3) is 3.03. The van der Waals surface area contributed by atoms with Crippen molar-refractivity contribution in [2.24, 2.45) is 0 Å². The number of carbonyl (C=O) groups excluding carboxylic acids is 1. The average molecular weight is 226 g/mol. The van der Waals surface area contributed by atoms with Crippen LogP contribution in [0.15, 0.2) is 18.2 Å². The van der Waals surface area contributed by atoms with Crippen LogP contribution in [-0.4, -0.2) is 26.1 Å².